The van der Waals surface area contributed by atoms with Crippen LogP contribution in [-0.2, 0) is 0 Å². The predicted molar refractivity (Wildman–Crippen MR) is 50.9 cm³/mol. The van der Waals surface area contributed by atoms with Crippen molar-refractivity contribution in [2.24, 2.45) is 0 Å². The molecule has 0 aromatic carbocycles. The van der Waals surface area contributed by atoms with Crippen LogP contribution in [0.3, 0.4) is 0 Å². The lowest BCUT2D eigenvalue weighted by atomic mass is 10.3. The molecule has 0 saturated carbocycles. The fraction of sp³-hybridized carbons (Fsp3) is 0. The van der Waals surface area contributed by atoms with Crippen LogP contribution in [0.4, 0.5) is 5.82 Å². The van der Waals surface area contributed by atoms with Gasteiger partial charge in [-0.3, -0.25) is 4.79 Å². The van der Waals surface area contributed by atoms with Gasteiger partial charge in [-0.25, -0.2) is 4.98 Å². The zero-order chi connectivity index (χ0) is 9.80. The minimum Gasteiger partial charge on any atom is -0.472 e. The van der Waals surface area contributed by atoms with Crippen molar-refractivity contribution in [1.82, 2.24) is 4.98 Å². The number of pyridine rings is 1. The lowest BCUT2D eigenvalue weighted by Crippen LogP contribution is -2.11. The van der Waals surface area contributed by atoms with Crippen molar-refractivity contribution >= 4 is 11.7 Å². The van der Waals surface area contributed by atoms with Gasteiger partial charge in [-0.05, 0) is 18.2 Å². The monoisotopic (exact) mass is 188 g/mol. The molecule has 0 bridgehead atoms. The molecule has 0 aliphatic heterocycles. The second-order valence-electron chi connectivity index (χ2n) is 2.68. The van der Waals surface area contributed by atoms with E-state index >= 15 is 0 Å². The maximum Gasteiger partial charge on any atom is 0.260 e. The average Bonchev–Trinajstić information content (AvgIpc) is 2.72. The van der Waals surface area contributed by atoms with Gasteiger partial charge in [-0.2, -0.15) is 0 Å². The number of hydrogen-bond donors (Lipinski definition) is 1. The fourth-order valence-corrected chi connectivity index (χ4v) is 1.02. The van der Waals surface area contributed by atoms with E-state index in [1.807, 2.05) is 0 Å². The Morgan fingerprint density at radius 2 is 2.29 bits per heavy atom. The molecule has 0 saturated heterocycles. The van der Waals surface area contributed by atoms with Gasteiger partial charge in [-0.1, -0.05) is 6.07 Å². The molecule has 1 amide bonds. The molecule has 0 radical (unpaired) electrons. The Kier molecular flexibility index (Phi) is 2.27. The van der Waals surface area contributed by atoms with E-state index in [1.54, 1.807) is 30.5 Å². The van der Waals surface area contributed by atoms with E-state index in [1.165, 1.54) is 12.5 Å². The predicted octanol–water partition coefficient (Wildman–Crippen LogP) is 1.93. The fourth-order valence-electron chi connectivity index (χ4n) is 1.02. The second-order valence-corrected chi connectivity index (χ2v) is 2.68. The number of aromatic nitrogens is 1. The van der Waals surface area contributed by atoms with Crippen LogP contribution >= 0.6 is 0 Å². The lowest BCUT2D eigenvalue weighted by Gasteiger charge is -2.00. The molecule has 0 aliphatic carbocycles. The molecular weight excluding hydrogens is 180 g/mol. The summed E-state index contributed by atoms with van der Waals surface area (Å²) in [4.78, 5) is 15.4. The Labute approximate surface area is 80.6 Å². The third-order valence-corrected chi connectivity index (χ3v) is 1.69. The highest BCUT2D eigenvalue weighted by Crippen LogP contribution is 2.05. The van der Waals surface area contributed by atoms with E-state index in [0.29, 0.717) is 11.4 Å². The highest BCUT2D eigenvalue weighted by molar-refractivity contribution is 6.03. The Bertz CT molecular complexity index is 409. The molecule has 2 heterocycles. The maximum absolute atomic E-state index is 11.5. The summed E-state index contributed by atoms with van der Waals surface area (Å²) in [6.45, 7) is 0. The number of rotatable bonds is 2. The molecule has 0 spiro atoms. The van der Waals surface area contributed by atoms with Gasteiger partial charge in [0.1, 0.15) is 12.1 Å². The number of anilines is 1. The van der Waals surface area contributed by atoms with Gasteiger partial charge in [0.25, 0.3) is 5.91 Å². The van der Waals surface area contributed by atoms with Crippen molar-refractivity contribution < 1.29 is 9.21 Å². The van der Waals surface area contributed by atoms with Gasteiger partial charge in [-0.15, -0.1) is 0 Å². The number of amides is 1. The highest BCUT2D eigenvalue weighted by atomic mass is 16.3. The number of hydrogen-bond acceptors (Lipinski definition) is 3. The third kappa shape index (κ3) is 1.80. The third-order valence-electron chi connectivity index (χ3n) is 1.69. The quantitative estimate of drug-likeness (QED) is 0.783. The van der Waals surface area contributed by atoms with Gasteiger partial charge >= 0.3 is 0 Å². The number of carbonyl (C=O) groups is 1. The summed E-state index contributed by atoms with van der Waals surface area (Å²) in [5.74, 6) is 0.302. The smallest absolute Gasteiger partial charge is 0.260 e. The highest BCUT2D eigenvalue weighted by Gasteiger charge is 2.06. The number of carbonyl (C=O) groups excluding carboxylic acids is 1. The second kappa shape index (κ2) is 3.74. The number of nitrogens with one attached hydrogen (secondary N) is 1. The Balaban J connectivity index is 2.10. The lowest BCUT2D eigenvalue weighted by molar-refractivity contribution is 0.102. The molecule has 14 heavy (non-hydrogen) atoms. The van der Waals surface area contributed by atoms with Crippen LogP contribution in [0.5, 0.6) is 0 Å². The minimum atomic E-state index is -0.225. The molecule has 0 atom stereocenters. The number of furan rings is 1. The molecule has 2 aromatic rings. The van der Waals surface area contributed by atoms with Crippen molar-refractivity contribution in [2.45, 2.75) is 0 Å². The van der Waals surface area contributed by atoms with E-state index in [2.05, 4.69) is 10.3 Å². The van der Waals surface area contributed by atoms with E-state index in [-0.39, 0.29) is 5.91 Å². The first-order valence-electron chi connectivity index (χ1n) is 4.11. The van der Waals surface area contributed by atoms with Gasteiger partial charge in [0.2, 0.25) is 0 Å². The summed E-state index contributed by atoms with van der Waals surface area (Å²) >= 11 is 0. The van der Waals surface area contributed by atoms with Gasteiger partial charge in [0.15, 0.2) is 0 Å². The van der Waals surface area contributed by atoms with Gasteiger partial charge in [0, 0.05) is 6.20 Å². The normalized spacial score (nSPS) is 9.71. The Hall–Kier alpha value is -2.10. The molecule has 70 valence electrons. The van der Waals surface area contributed by atoms with Crippen LogP contribution in [0.2, 0.25) is 0 Å². The summed E-state index contributed by atoms with van der Waals surface area (Å²) in [7, 11) is 0. The zero-order valence-electron chi connectivity index (χ0n) is 7.31. The Morgan fingerprint density at radius 1 is 1.36 bits per heavy atom. The molecule has 0 aliphatic rings. The summed E-state index contributed by atoms with van der Waals surface area (Å²) in [5, 5.41) is 2.63. The van der Waals surface area contributed by atoms with Crippen molar-refractivity contribution in [3.05, 3.63) is 48.6 Å². The topological polar surface area (TPSA) is 55.1 Å². The number of nitrogens with zero attached hydrogens (tertiary/aromatic N) is 1. The SMILES string of the molecule is O=C(Nc1ccccn1)c1ccoc1. The molecule has 2 aromatic heterocycles. The van der Waals surface area contributed by atoms with Crippen LogP contribution in [0.1, 0.15) is 10.4 Å². The van der Waals surface area contributed by atoms with E-state index in [4.69, 9.17) is 4.42 Å². The summed E-state index contributed by atoms with van der Waals surface area (Å²) in [6, 6.07) is 6.90. The molecule has 0 fully saturated rings. The van der Waals surface area contributed by atoms with Crippen molar-refractivity contribution in [3.63, 3.8) is 0 Å². The van der Waals surface area contributed by atoms with Crippen LogP contribution in [0.25, 0.3) is 0 Å². The summed E-state index contributed by atoms with van der Waals surface area (Å²) in [6.07, 6.45) is 4.45. The van der Waals surface area contributed by atoms with E-state index in [0.717, 1.165) is 0 Å². The molecule has 4 nitrogen and oxygen atoms in total. The molecule has 2 rings (SSSR count). The van der Waals surface area contributed by atoms with Gasteiger partial charge < -0.3 is 9.73 Å². The Morgan fingerprint density at radius 3 is 2.93 bits per heavy atom. The van der Waals surface area contributed by atoms with Crippen molar-refractivity contribution in [3.8, 4) is 0 Å². The van der Waals surface area contributed by atoms with Crippen LogP contribution in [-0.4, -0.2) is 10.9 Å². The summed E-state index contributed by atoms with van der Waals surface area (Å²) in [5.41, 5.74) is 0.482. The molecular formula is C10H8N2O2. The first kappa shape index (κ1) is 8.50. The molecule has 0 unspecified atom stereocenters. The molecule has 4 heteroatoms. The van der Waals surface area contributed by atoms with Gasteiger partial charge in [0.05, 0.1) is 11.8 Å². The van der Waals surface area contributed by atoms with E-state index in [9.17, 15) is 4.79 Å². The first-order valence-corrected chi connectivity index (χ1v) is 4.11. The zero-order valence-corrected chi connectivity index (χ0v) is 7.31. The van der Waals surface area contributed by atoms with Crippen molar-refractivity contribution in [2.75, 3.05) is 5.32 Å². The first-order chi connectivity index (χ1) is 6.86. The van der Waals surface area contributed by atoms with Crippen molar-refractivity contribution in [1.29, 1.82) is 0 Å². The van der Waals surface area contributed by atoms with Crippen LogP contribution < -0.4 is 5.32 Å². The maximum atomic E-state index is 11.5. The minimum absolute atomic E-state index is 0.225. The molecule has 1 N–H and O–H groups in total. The van der Waals surface area contributed by atoms with E-state index < -0.39 is 0 Å². The summed E-state index contributed by atoms with van der Waals surface area (Å²) < 4.78 is 4.79. The standard InChI is InChI=1S/C10H8N2O2/c13-10(8-4-6-14-7-8)12-9-3-1-2-5-11-9/h1-7H,(H,11,12,13). The van der Waals surface area contributed by atoms with Crippen LogP contribution in [0, 0.1) is 0 Å². The van der Waals surface area contributed by atoms with Crippen LogP contribution in [0.15, 0.2) is 47.4 Å². The largest absolute Gasteiger partial charge is 0.472 e. The average molecular weight is 188 g/mol.